The van der Waals surface area contributed by atoms with Gasteiger partial charge in [-0.1, -0.05) is 0 Å². The quantitative estimate of drug-likeness (QED) is 0.795. The van der Waals surface area contributed by atoms with E-state index >= 15 is 0 Å². The van der Waals surface area contributed by atoms with Crippen molar-refractivity contribution < 1.29 is 14.3 Å². The van der Waals surface area contributed by atoms with Crippen molar-refractivity contribution in [3.8, 4) is 0 Å². The fraction of sp³-hybridized carbons (Fsp3) is 0.750. The Kier molecular flexibility index (Phi) is 5.77. The van der Waals surface area contributed by atoms with Gasteiger partial charge in [-0.15, -0.1) is 0 Å². The summed E-state index contributed by atoms with van der Waals surface area (Å²) in [6, 6.07) is 0. The first-order valence-corrected chi connectivity index (χ1v) is 10.1. The molecule has 3 heterocycles. The van der Waals surface area contributed by atoms with Crippen molar-refractivity contribution in [1.29, 1.82) is 0 Å². The molecule has 0 radical (unpaired) electrons. The van der Waals surface area contributed by atoms with E-state index in [1.165, 1.54) is 6.42 Å². The number of rotatable bonds is 2. The highest BCUT2D eigenvalue weighted by atomic mass is 16.6. The molecule has 1 aromatic rings. The lowest BCUT2D eigenvalue weighted by Crippen LogP contribution is -2.42. The summed E-state index contributed by atoms with van der Waals surface area (Å²) in [5, 5.41) is 4.37. The number of carbonyl (C=O) groups excluding carboxylic acids is 2. The van der Waals surface area contributed by atoms with Gasteiger partial charge < -0.3 is 14.5 Å². The number of nitrogens with zero attached hydrogens (tertiary/aromatic N) is 4. The van der Waals surface area contributed by atoms with Crippen LogP contribution >= 0.6 is 0 Å². The minimum absolute atomic E-state index is 0.104. The third kappa shape index (κ3) is 4.62. The highest BCUT2D eigenvalue weighted by Gasteiger charge is 2.32. The molecule has 2 saturated heterocycles. The predicted octanol–water partition coefficient (Wildman–Crippen LogP) is 3.16. The lowest BCUT2D eigenvalue weighted by Gasteiger charge is -2.34. The second kappa shape index (κ2) is 7.90. The fourth-order valence-corrected chi connectivity index (χ4v) is 4.03. The molecule has 27 heavy (non-hydrogen) atoms. The van der Waals surface area contributed by atoms with E-state index < -0.39 is 5.60 Å². The minimum Gasteiger partial charge on any atom is -0.444 e. The number of amides is 2. The van der Waals surface area contributed by atoms with E-state index in [-0.39, 0.29) is 17.9 Å². The monoisotopic (exact) mass is 376 g/mol. The van der Waals surface area contributed by atoms with Gasteiger partial charge in [-0.05, 0) is 52.9 Å². The average molecular weight is 377 g/mol. The van der Waals surface area contributed by atoms with E-state index in [4.69, 9.17) is 4.74 Å². The van der Waals surface area contributed by atoms with Gasteiger partial charge >= 0.3 is 6.09 Å². The lowest BCUT2D eigenvalue weighted by atomic mass is 9.90. The van der Waals surface area contributed by atoms with Crippen molar-refractivity contribution in [2.24, 2.45) is 7.05 Å². The van der Waals surface area contributed by atoms with Crippen LogP contribution in [0.1, 0.15) is 74.8 Å². The molecule has 0 unspecified atom stereocenters. The first-order valence-electron chi connectivity index (χ1n) is 10.1. The van der Waals surface area contributed by atoms with Gasteiger partial charge in [-0.2, -0.15) is 5.10 Å². The van der Waals surface area contributed by atoms with Crippen molar-refractivity contribution in [2.75, 3.05) is 26.2 Å². The number of likely N-dealkylation sites (tertiary alicyclic amines) is 2. The van der Waals surface area contributed by atoms with E-state index in [0.717, 1.165) is 50.0 Å². The summed E-state index contributed by atoms with van der Waals surface area (Å²) in [6.45, 7) is 8.60. The van der Waals surface area contributed by atoms with E-state index in [1.54, 1.807) is 11.1 Å². The Morgan fingerprint density at radius 2 is 1.67 bits per heavy atom. The molecule has 0 bridgehead atoms. The number of carbonyl (C=O) groups is 2. The molecule has 7 heteroatoms. The molecule has 2 amide bonds. The van der Waals surface area contributed by atoms with E-state index in [9.17, 15) is 9.59 Å². The zero-order valence-electron chi connectivity index (χ0n) is 17.0. The molecule has 150 valence electrons. The molecule has 0 atom stereocenters. The van der Waals surface area contributed by atoms with Gasteiger partial charge in [0.05, 0.1) is 17.5 Å². The van der Waals surface area contributed by atoms with Crippen molar-refractivity contribution in [3.63, 3.8) is 0 Å². The number of hydrogen-bond donors (Lipinski definition) is 0. The van der Waals surface area contributed by atoms with Crippen molar-refractivity contribution in [1.82, 2.24) is 19.6 Å². The summed E-state index contributed by atoms with van der Waals surface area (Å²) in [5.41, 5.74) is 1.26. The summed E-state index contributed by atoms with van der Waals surface area (Å²) < 4.78 is 7.32. The van der Waals surface area contributed by atoms with Gasteiger partial charge in [-0.3, -0.25) is 9.48 Å². The lowest BCUT2D eigenvalue weighted by molar-refractivity contribution is 0.0202. The third-order valence-electron chi connectivity index (χ3n) is 5.39. The van der Waals surface area contributed by atoms with Crippen LogP contribution in [0.2, 0.25) is 0 Å². The van der Waals surface area contributed by atoms with Crippen molar-refractivity contribution in [2.45, 2.75) is 64.4 Å². The minimum atomic E-state index is -0.482. The van der Waals surface area contributed by atoms with Crippen LogP contribution in [0.3, 0.4) is 0 Å². The molecule has 3 rings (SSSR count). The van der Waals surface area contributed by atoms with Crippen LogP contribution in [-0.2, 0) is 11.8 Å². The number of piperidine rings is 2. The second-order valence-electron chi connectivity index (χ2n) is 8.66. The molecule has 2 aliphatic rings. The molecule has 7 nitrogen and oxygen atoms in total. The molecular weight excluding hydrogens is 344 g/mol. The molecule has 0 aliphatic carbocycles. The number of aryl methyl sites for hydroxylation is 1. The highest BCUT2D eigenvalue weighted by Crippen LogP contribution is 2.31. The maximum atomic E-state index is 13.0. The van der Waals surface area contributed by atoms with Gasteiger partial charge in [-0.25, -0.2) is 4.79 Å². The van der Waals surface area contributed by atoms with Crippen LogP contribution in [0.5, 0.6) is 0 Å². The van der Waals surface area contributed by atoms with Gasteiger partial charge in [0.15, 0.2) is 0 Å². The smallest absolute Gasteiger partial charge is 0.410 e. The Labute approximate surface area is 161 Å². The SMILES string of the molecule is Cn1ncc(C(=O)N2CCCCC2)c1C1CCN(C(=O)OC(C)(C)C)CC1. The van der Waals surface area contributed by atoms with Gasteiger partial charge in [0.25, 0.3) is 5.91 Å². The Hall–Kier alpha value is -2.05. The van der Waals surface area contributed by atoms with Crippen LogP contribution in [0.15, 0.2) is 6.20 Å². The Morgan fingerprint density at radius 3 is 2.26 bits per heavy atom. The molecule has 0 saturated carbocycles. The molecule has 2 aliphatic heterocycles. The van der Waals surface area contributed by atoms with Crippen LogP contribution in [-0.4, -0.2) is 63.4 Å². The summed E-state index contributed by atoms with van der Waals surface area (Å²) >= 11 is 0. The van der Waals surface area contributed by atoms with Crippen molar-refractivity contribution in [3.05, 3.63) is 17.5 Å². The molecule has 0 N–H and O–H groups in total. The summed E-state index contributed by atoms with van der Waals surface area (Å²) in [4.78, 5) is 29.0. The van der Waals surface area contributed by atoms with Crippen LogP contribution in [0.25, 0.3) is 0 Å². The zero-order chi connectivity index (χ0) is 19.6. The molecule has 0 aromatic carbocycles. The third-order valence-corrected chi connectivity index (χ3v) is 5.39. The first kappa shape index (κ1) is 19.7. The van der Waals surface area contributed by atoms with E-state index in [1.807, 2.05) is 37.4 Å². The van der Waals surface area contributed by atoms with Crippen molar-refractivity contribution >= 4 is 12.0 Å². The Morgan fingerprint density at radius 1 is 1.04 bits per heavy atom. The predicted molar refractivity (Wildman–Crippen MR) is 103 cm³/mol. The van der Waals surface area contributed by atoms with E-state index in [0.29, 0.717) is 13.1 Å². The zero-order valence-corrected chi connectivity index (χ0v) is 17.0. The van der Waals surface area contributed by atoms with Crippen LogP contribution in [0.4, 0.5) is 4.79 Å². The van der Waals surface area contributed by atoms with Gasteiger partial charge in [0.1, 0.15) is 5.60 Å². The summed E-state index contributed by atoms with van der Waals surface area (Å²) in [7, 11) is 1.91. The van der Waals surface area contributed by atoms with Gasteiger partial charge in [0, 0.05) is 39.1 Å². The van der Waals surface area contributed by atoms with Crippen LogP contribution < -0.4 is 0 Å². The summed E-state index contributed by atoms with van der Waals surface area (Å²) in [5.74, 6) is 0.340. The maximum absolute atomic E-state index is 13.0. The molecule has 1 aromatic heterocycles. The number of ether oxygens (including phenoxy) is 1. The first-order chi connectivity index (χ1) is 12.8. The Bertz CT molecular complexity index is 678. The largest absolute Gasteiger partial charge is 0.444 e. The molecular formula is C20H32N4O3. The highest BCUT2D eigenvalue weighted by molar-refractivity contribution is 5.95. The normalized spacial score (nSPS) is 19.3. The number of aromatic nitrogens is 2. The molecule has 2 fully saturated rings. The topological polar surface area (TPSA) is 67.7 Å². The number of hydrogen-bond acceptors (Lipinski definition) is 4. The van der Waals surface area contributed by atoms with Gasteiger partial charge in [0.2, 0.25) is 0 Å². The Balaban J connectivity index is 1.67. The standard InChI is InChI=1S/C20H32N4O3/c1-20(2,3)27-19(26)24-12-8-15(9-13-24)17-16(14-21-22(17)4)18(25)23-10-6-5-7-11-23/h14-15H,5-13H2,1-4H3. The average Bonchev–Trinajstić information content (AvgIpc) is 3.02. The van der Waals surface area contributed by atoms with E-state index in [2.05, 4.69) is 5.10 Å². The second-order valence-corrected chi connectivity index (χ2v) is 8.66. The molecule has 0 spiro atoms. The fourth-order valence-electron chi connectivity index (χ4n) is 4.03. The van der Waals surface area contributed by atoms with Crippen LogP contribution in [0, 0.1) is 0 Å². The maximum Gasteiger partial charge on any atom is 0.410 e. The summed E-state index contributed by atoms with van der Waals surface area (Å²) in [6.07, 6.45) is 6.46.